The molecule has 3 aromatic heterocycles. The molecule has 0 spiro atoms. The highest BCUT2D eigenvalue weighted by Gasteiger charge is 2.17. The number of aromatic nitrogens is 3. The van der Waals surface area contributed by atoms with Crippen molar-refractivity contribution in [1.29, 1.82) is 0 Å². The molecule has 4 heterocycles. The molecule has 0 atom stereocenters. The molecule has 188 valence electrons. The highest BCUT2D eigenvalue weighted by molar-refractivity contribution is 7.13. The Labute approximate surface area is 225 Å². The van der Waals surface area contributed by atoms with E-state index in [9.17, 15) is 9.59 Å². The van der Waals surface area contributed by atoms with Gasteiger partial charge in [-0.1, -0.05) is 18.2 Å². The maximum atomic E-state index is 12.5. The molecule has 0 aliphatic carbocycles. The van der Waals surface area contributed by atoms with Crippen LogP contribution in [0.3, 0.4) is 0 Å². The van der Waals surface area contributed by atoms with Gasteiger partial charge in [-0.25, -0.2) is 15.0 Å². The third-order valence-corrected chi connectivity index (χ3v) is 7.38. The van der Waals surface area contributed by atoms with E-state index in [4.69, 9.17) is 9.72 Å². The molecule has 1 aliphatic heterocycles. The second-order valence-electron chi connectivity index (χ2n) is 8.35. The lowest BCUT2D eigenvalue weighted by Crippen LogP contribution is -2.25. The molecular formula is C27H20N6O3S2. The quantitative estimate of drug-likeness (QED) is 0.246. The maximum Gasteiger partial charge on any atom is 0.262 e. The predicted molar refractivity (Wildman–Crippen MR) is 149 cm³/mol. The Hall–Kier alpha value is -4.61. The van der Waals surface area contributed by atoms with Gasteiger partial charge in [0.05, 0.1) is 33.9 Å². The van der Waals surface area contributed by atoms with Gasteiger partial charge in [-0.05, 0) is 47.8 Å². The third kappa shape index (κ3) is 5.24. The molecule has 6 rings (SSSR count). The molecule has 5 aromatic rings. The smallest absolute Gasteiger partial charge is 0.262 e. The first-order valence-electron chi connectivity index (χ1n) is 11.6. The molecule has 0 bridgehead atoms. The summed E-state index contributed by atoms with van der Waals surface area (Å²) in [5.41, 5.74) is 6.13. The summed E-state index contributed by atoms with van der Waals surface area (Å²) in [6.07, 6.45) is 2.02. The lowest BCUT2D eigenvalue weighted by molar-refractivity contribution is -0.118. The van der Waals surface area contributed by atoms with Gasteiger partial charge in [0, 0.05) is 28.0 Å². The van der Waals surface area contributed by atoms with Crippen LogP contribution in [0.2, 0.25) is 0 Å². The molecule has 9 nitrogen and oxygen atoms in total. The van der Waals surface area contributed by atoms with E-state index in [-0.39, 0.29) is 18.4 Å². The molecule has 11 heteroatoms. The SMILES string of the molecule is O=C(Cc1cccs1)Nc1cccc(-c2ncsc2-c2ccnc(Nc3ccc4c(c3)NC(=O)CO4)n2)c1. The van der Waals surface area contributed by atoms with Crippen LogP contribution in [-0.2, 0) is 16.0 Å². The zero-order chi connectivity index (χ0) is 25.9. The van der Waals surface area contributed by atoms with E-state index in [1.165, 1.54) is 11.3 Å². The van der Waals surface area contributed by atoms with E-state index in [0.29, 0.717) is 40.9 Å². The van der Waals surface area contributed by atoms with Gasteiger partial charge in [-0.2, -0.15) is 0 Å². The molecule has 2 amide bonds. The first kappa shape index (κ1) is 23.8. The van der Waals surface area contributed by atoms with Gasteiger partial charge in [0.2, 0.25) is 11.9 Å². The van der Waals surface area contributed by atoms with Crippen molar-refractivity contribution >= 4 is 57.5 Å². The summed E-state index contributed by atoms with van der Waals surface area (Å²) in [7, 11) is 0. The number of carbonyl (C=O) groups excluding carboxylic acids is 2. The Balaban J connectivity index is 1.22. The Morgan fingerprint density at radius 2 is 1.97 bits per heavy atom. The van der Waals surface area contributed by atoms with Crippen molar-refractivity contribution in [1.82, 2.24) is 15.0 Å². The van der Waals surface area contributed by atoms with Gasteiger partial charge < -0.3 is 20.7 Å². The standard InChI is InChI=1S/C27H20N6O3S2/c34-23(13-19-5-2-10-37-19)30-17-4-1-3-16(11-17)25-26(38-15-29-25)20-8-9-28-27(33-20)31-18-6-7-22-21(12-18)32-24(35)14-36-22/h1-12,15H,13-14H2,(H,30,34)(H,32,35)(H,28,31,33). The molecule has 0 saturated heterocycles. The van der Waals surface area contributed by atoms with Gasteiger partial charge in [0.25, 0.3) is 5.91 Å². The fraction of sp³-hybridized carbons (Fsp3) is 0.0741. The molecule has 1 aliphatic rings. The van der Waals surface area contributed by atoms with E-state index in [1.54, 1.807) is 35.2 Å². The largest absolute Gasteiger partial charge is 0.482 e. The van der Waals surface area contributed by atoms with Crippen LogP contribution < -0.4 is 20.7 Å². The number of carbonyl (C=O) groups is 2. The van der Waals surface area contributed by atoms with E-state index < -0.39 is 0 Å². The number of fused-ring (bicyclic) bond motifs is 1. The molecule has 3 N–H and O–H groups in total. The van der Waals surface area contributed by atoms with E-state index in [2.05, 4.69) is 25.9 Å². The number of benzene rings is 2. The summed E-state index contributed by atoms with van der Waals surface area (Å²) >= 11 is 3.04. The van der Waals surface area contributed by atoms with Crippen molar-refractivity contribution in [2.45, 2.75) is 6.42 Å². The molecule has 0 unspecified atom stereocenters. The lowest BCUT2D eigenvalue weighted by Gasteiger charge is -2.18. The molecule has 2 aromatic carbocycles. The van der Waals surface area contributed by atoms with Crippen LogP contribution in [0.15, 0.2) is 77.8 Å². The highest BCUT2D eigenvalue weighted by Crippen LogP contribution is 2.35. The van der Waals surface area contributed by atoms with Gasteiger partial charge in [-0.3, -0.25) is 9.59 Å². The van der Waals surface area contributed by atoms with Crippen LogP contribution in [0.1, 0.15) is 4.88 Å². The normalized spacial score (nSPS) is 12.3. The van der Waals surface area contributed by atoms with Crippen LogP contribution in [-0.4, -0.2) is 33.4 Å². The Kier molecular flexibility index (Phi) is 6.51. The summed E-state index contributed by atoms with van der Waals surface area (Å²) in [6, 6.07) is 18.7. The molecule has 38 heavy (non-hydrogen) atoms. The van der Waals surface area contributed by atoms with Crippen molar-refractivity contribution in [3.8, 4) is 27.6 Å². The second kappa shape index (κ2) is 10.4. The zero-order valence-electron chi connectivity index (χ0n) is 19.8. The van der Waals surface area contributed by atoms with Crippen LogP contribution in [0, 0.1) is 0 Å². The van der Waals surface area contributed by atoms with Crippen molar-refractivity contribution in [2.24, 2.45) is 0 Å². The van der Waals surface area contributed by atoms with Gasteiger partial charge in [-0.15, -0.1) is 22.7 Å². The van der Waals surface area contributed by atoms with Crippen LogP contribution in [0.5, 0.6) is 5.75 Å². The van der Waals surface area contributed by atoms with Crippen molar-refractivity contribution in [2.75, 3.05) is 22.6 Å². The monoisotopic (exact) mass is 540 g/mol. The number of thiophene rings is 1. The number of thiazole rings is 1. The minimum Gasteiger partial charge on any atom is -0.482 e. The number of ether oxygens (including phenoxy) is 1. The number of rotatable bonds is 7. The molecule has 0 saturated carbocycles. The average molecular weight is 541 g/mol. The van der Waals surface area contributed by atoms with Gasteiger partial charge in [0.15, 0.2) is 6.61 Å². The fourth-order valence-electron chi connectivity index (χ4n) is 3.99. The van der Waals surface area contributed by atoms with E-state index in [0.717, 1.165) is 21.0 Å². The van der Waals surface area contributed by atoms with E-state index in [1.807, 2.05) is 53.9 Å². The Bertz CT molecular complexity index is 1630. The van der Waals surface area contributed by atoms with Crippen LogP contribution >= 0.6 is 22.7 Å². The first-order chi connectivity index (χ1) is 18.6. The molecule has 0 radical (unpaired) electrons. The second-order valence-corrected chi connectivity index (χ2v) is 10.2. The number of hydrogen-bond acceptors (Lipinski definition) is 9. The topological polar surface area (TPSA) is 118 Å². The number of nitrogens with one attached hydrogen (secondary N) is 3. The van der Waals surface area contributed by atoms with Gasteiger partial charge in [0.1, 0.15) is 5.75 Å². The minimum absolute atomic E-state index is 0.00649. The number of nitrogens with zero attached hydrogens (tertiary/aromatic N) is 3. The summed E-state index contributed by atoms with van der Waals surface area (Å²) in [5.74, 6) is 0.753. The van der Waals surface area contributed by atoms with Crippen LogP contribution in [0.4, 0.5) is 23.0 Å². The molecule has 0 fully saturated rings. The Morgan fingerprint density at radius 3 is 2.87 bits per heavy atom. The van der Waals surface area contributed by atoms with Crippen molar-refractivity contribution in [3.05, 3.63) is 82.6 Å². The third-order valence-electron chi connectivity index (χ3n) is 5.66. The Morgan fingerprint density at radius 1 is 1.03 bits per heavy atom. The minimum atomic E-state index is -0.197. The van der Waals surface area contributed by atoms with Gasteiger partial charge >= 0.3 is 0 Å². The number of anilines is 4. The van der Waals surface area contributed by atoms with E-state index >= 15 is 0 Å². The fourth-order valence-corrected chi connectivity index (χ4v) is 5.47. The highest BCUT2D eigenvalue weighted by atomic mass is 32.1. The first-order valence-corrected chi connectivity index (χ1v) is 13.4. The average Bonchev–Trinajstić information content (AvgIpc) is 3.61. The van der Waals surface area contributed by atoms with Crippen molar-refractivity contribution in [3.63, 3.8) is 0 Å². The number of amides is 2. The summed E-state index contributed by atoms with van der Waals surface area (Å²) < 4.78 is 5.42. The predicted octanol–water partition coefficient (Wildman–Crippen LogP) is 5.58. The van der Waals surface area contributed by atoms with Crippen molar-refractivity contribution < 1.29 is 14.3 Å². The lowest BCUT2D eigenvalue weighted by atomic mass is 10.1. The number of hydrogen-bond donors (Lipinski definition) is 3. The maximum absolute atomic E-state index is 12.5. The summed E-state index contributed by atoms with van der Waals surface area (Å²) in [6.45, 7) is 0.00649. The molecular weight excluding hydrogens is 520 g/mol. The summed E-state index contributed by atoms with van der Waals surface area (Å²) in [4.78, 5) is 39.7. The summed E-state index contributed by atoms with van der Waals surface area (Å²) in [5, 5.41) is 10.9. The van der Waals surface area contributed by atoms with Crippen LogP contribution in [0.25, 0.3) is 21.8 Å². The zero-order valence-corrected chi connectivity index (χ0v) is 21.4.